The smallest absolute Gasteiger partial charge is 0.325 e. The zero-order valence-electron chi connectivity index (χ0n) is 15.9. The predicted octanol–water partition coefficient (Wildman–Crippen LogP) is 1.86. The number of hydrogen-bond acceptors (Lipinski definition) is 6. The molecule has 1 heterocycles. The number of ether oxygens (including phenoxy) is 2. The van der Waals surface area contributed by atoms with Crippen molar-refractivity contribution in [2.24, 2.45) is 0 Å². The number of rotatable bonds is 10. The summed E-state index contributed by atoms with van der Waals surface area (Å²) in [5.41, 5.74) is 0.721. The maximum atomic E-state index is 12.5. The Balaban J connectivity index is 1.91. The van der Waals surface area contributed by atoms with Gasteiger partial charge in [-0.25, -0.2) is 0 Å². The molecule has 9 heteroatoms. The van der Waals surface area contributed by atoms with Gasteiger partial charge in [-0.05, 0) is 31.5 Å². The largest absolute Gasteiger partial charge is 0.465 e. The van der Waals surface area contributed by atoms with E-state index in [1.807, 2.05) is 0 Å². The van der Waals surface area contributed by atoms with E-state index in [0.717, 1.165) is 9.37 Å². The fraction of sp³-hybridized carbons (Fsp3) is 0.474. The molecule has 0 N–H and O–H groups in total. The number of imide groups is 1. The molecule has 152 valence electrons. The van der Waals surface area contributed by atoms with Gasteiger partial charge < -0.3 is 14.4 Å². The van der Waals surface area contributed by atoms with E-state index in [1.165, 1.54) is 12.0 Å². The molecule has 1 aromatic rings. The quantitative estimate of drug-likeness (QED) is 0.395. The zero-order chi connectivity index (χ0) is 20.7. The molecule has 1 aliphatic rings. The Morgan fingerprint density at radius 2 is 1.89 bits per heavy atom. The van der Waals surface area contributed by atoms with Gasteiger partial charge in [-0.3, -0.25) is 24.1 Å². The standard InChI is InChI=1S/C19H23BrN2O6/c1-3-28-17(24)12-21(9-10-27-2)16(23)5-4-8-22-18(25)14-7-6-13(20)11-15(14)19(22)26/h6-7,11H,3-5,8-10,12H2,1-2H3. The van der Waals surface area contributed by atoms with Crippen molar-refractivity contribution in [1.82, 2.24) is 9.80 Å². The third kappa shape index (κ3) is 5.39. The molecule has 0 unspecified atom stereocenters. The van der Waals surface area contributed by atoms with E-state index in [-0.39, 0.29) is 50.4 Å². The normalized spacial score (nSPS) is 12.9. The minimum absolute atomic E-state index is 0.0974. The minimum Gasteiger partial charge on any atom is -0.465 e. The fourth-order valence-corrected chi connectivity index (χ4v) is 3.23. The maximum absolute atomic E-state index is 12.5. The first-order chi connectivity index (χ1) is 13.4. The van der Waals surface area contributed by atoms with Gasteiger partial charge in [0.2, 0.25) is 5.91 Å². The predicted molar refractivity (Wildman–Crippen MR) is 104 cm³/mol. The summed E-state index contributed by atoms with van der Waals surface area (Å²) in [6.45, 7) is 2.46. The van der Waals surface area contributed by atoms with E-state index < -0.39 is 5.97 Å². The highest BCUT2D eigenvalue weighted by Gasteiger charge is 2.35. The van der Waals surface area contributed by atoms with Gasteiger partial charge in [0.25, 0.3) is 11.8 Å². The molecular weight excluding hydrogens is 432 g/mol. The van der Waals surface area contributed by atoms with Crippen molar-refractivity contribution >= 4 is 39.6 Å². The molecule has 1 aromatic carbocycles. The average Bonchev–Trinajstić information content (AvgIpc) is 2.89. The third-order valence-electron chi connectivity index (χ3n) is 4.25. The molecule has 28 heavy (non-hydrogen) atoms. The molecule has 0 saturated heterocycles. The summed E-state index contributed by atoms with van der Waals surface area (Å²) >= 11 is 3.29. The lowest BCUT2D eigenvalue weighted by Gasteiger charge is -2.22. The molecule has 0 saturated carbocycles. The molecular formula is C19H23BrN2O6. The number of hydrogen-bond donors (Lipinski definition) is 0. The van der Waals surface area contributed by atoms with Crippen LogP contribution in [0, 0.1) is 0 Å². The number of methoxy groups -OCH3 is 1. The highest BCUT2D eigenvalue weighted by molar-refractivity contribution is 9.10. The second-order valence-corrected chi connectivity index (χ2v) is 7.08. The van der Waals surface area contributed by atoms with Crippen molar-refractivity contribution in [2.75, 3.05) is 40.0 Å². The van der Waals surface area contributed by atoms with E-state index in [9.17, 15) is 19.2 Å². The van der Waals surface area contributed by atoms with Gasteiger partial charge in [0.05, 0.1) is 24.3 Å². The van der Waals surface area contributed by atoms with Gasteiger partial charge in [0.1, 0.15) is 6.54 Å². The highest BCUT2D eigenvalue weighted by atomic mass is 79.9. The van der Waals surface area contributed by atoms with Gasteiger partial charge in [0.15, 0.2) is 0 Å². The summed E-state index contributed by atoms with van der Waals surface area (Å²) in [6.07, 6.45) is 0.401. The number of nitrogens with zero attached hydrogens (tertiary/aromatic N) is 2. The number of halogens is 1. The monoisotopic (exact) mass is 454 g/mol. The summed E-state index contributed by atoms with van der Waals surface area (Å²) in [7, 11) is 1.51. The van der Waals surface area contributed by atoms with Gasteiger partial charge in [-0.1, -0.05) is 15.9 Å². The minimum atomic E-state index is -0.488. The van der Waals surface area contributed by atoms with Crippen LogP contribution in [-0.2, 0) is 19.1 Å². The lowest BCUT2D eigenvalue weighted by Crippen LogP contribution is -2.39. The van der Waals surface area contributed by atoms with Crippen molar-refractivity contribution in [3.63, 3.8) is 0 Å². The lowest BCUT2D eigenvalue weighted by atomic mass is 10.1. The second-order valence-electron chi connectivity index (χ2n) is 6.17. The van der Waals surface area contributed by atoms with Gasteiger partial charge >= 0.3 is 5.97 Å². The molecule has 0 aromatic heterocycles. The van der Waals surface area contributed by atoms with Gasteiger partial charge in [0, 0.05) is 31.1 Å². The topological polar surface area (TPSA) is 93.2 Å². The van der Waals surface area contributed by atoms with Crippen molar-refractivity contribution in [3.05, 3.63) is 33.8 Å². The molecule has 0 radical (unpaired) electrons. The van der Waals surface area contributed by atoms with Crippen molar-refractivity contribution in [1.29, 1.82) is 0 Å². The van der Waals surface area contributed by atoms with Crippen LogP contribution in [0.3, 0.4) is 0 Å². The Kier molecular flexibility index (Phi) is 8.13. The molecule has 2 rings (SSSR count). The fourth-order valence-electron chi connectivity index (χ4n) is 2.87. The number of fused-ring (bicyclic) bond motifs is 1. The van der Waals surface area contributed by atoms with Crippen LogP contribution < -0.4 is 0 Å². The number of benzene rings is 1. The highest BCUT2D eigenvalue weighted by Crippen LogP contribution is 2.26. The Morgan fingerprint density at radius 1 is 1.18 bits per heavy atom. The van der Waals surface area contributed by atoms with Crippen LogP contribution in [0.1, 0.15) is 40.5 Å². The van der Waals surface area contributed by atoms with E-state index >= 15 is 0 Å². The molecule has 8 nitrogen and oxygen atoms in total. The maximum Gasteiger partial charge on any atom is 0.325 e. The van der Waals surface area contributed by atoms with E-state index in [4.69, 9.17) is 9.47 Å². The van der Waals surface area contributed by atoms with E-state index in [0.29, 0.717) is 24.2 Å². The van der Waals surface area contributed by atoms with Crippen LogP contribution in [0.5, 0.6) is 0 Å². The average molecular weight is 455 g/mol. The lowest BCUT2D eigenvalue weighted by molar-refractivity contribution is -0.149. The van der Waals surface area contributed by atoms with Crippen LogP contribution in [0.2, 0.25) is 0 Å². The Bertz CT molecular complexity index is 767. The Morgan fingerprint density at radius 3 is 2.57 bits per heavy atom. The van der Waals surface area contributed by atoms with Crippen molar-refractivity contribution in [3.8, 4) is 0 Å². The summed E-state index contributed by atoms with van der Waals surface area (Å²) in [4.78, 5) is 51.5. The third-order valence-corrected chi connectivity index (χ3v) is 4.74. The summed E-state index contributed by atoms with van der Waals surface area (Å²) in [5.74, 6) is -1.47. The molecule has 0 aliphatic carbocycles. The first-order valence-corrected chi connectivity index (χ1v) is 9.76. The van der Waals surface area contributed by atoms with Crippen LogP contribution in [0.4, 0.5) is 0 Å². The second kappa shape index (κ2) is 10.3. The van der Waals surface area contributed by atoms with Crippen LogP contribution in [0.15, 0.2) is 22.7 Å². The Labute approximate surface area is 171 Å². The van der Waals surface area contributed by atoms with Gasteiger partial charge in [-0.2, -0.15) is 0 Å². The number of amides is 3. The van der Waals surface area contributed by atoms with Crippen molar-refractivity contribution < 1.29 is 28.7 Å². The van der Waals surface area contributed by atoms with E-state index in [2.05, 4.69) is 15.9 Å². The summed E-state index contributed by atoms with van der Waals surface area (Å²) < 4.78 is 10.6. The first kappa shape index (κ1) is 22.0. The van der Waals surface area contributed by atoms with E-state index in [1.54, 1.807) is 25.1 Å². The van der Waals surface area contributed by atoms with Crippen LogP contribution in [-0.4, -0.2) is 73.4 Å². The summed E-state index contributed by atoms with van der Waals surface area (Å²) in [6, 6.07) is 4.93. The molecule has 0 fully saturated rings. The molecule has 0 atom stereocenters. The zero-order valence-corrected chi connectivity index (χ0v) is 17.5. The first-order valence-electron chi connectivity index (χ1n) is 8.97. The molecule has 3 amide bonds. The molecule has 0 spiro atoms. The van der Waals surface area contributed by atoms with Gasteiger partial charge in [-0.15, -0.1) is 0 Å². The number of carbonyl (C=O) groups excluding carboxylic acids is 4. The number of esters is 1. The Hall–Kier alpha value is -2.26. The van der Waals surface area contributed by atoms with Crippen LogP contribution >= 0.6 is 15.9 Å². The molecule has 0 bridgehead atoms. The van der Waals surface area contributed by atoms with Crippen molar-refractivity contribution in [2.45, 2.75) is 19.8 Å². The molecule has 1 aliphatic heterocycles. The summed E-state index contributed by atoms with van der Waals surface area (Å²) in [5, 5.41) is 0. The van der Waals surface area contributed by atoms with Crippen LogP contribution in [0.25, 0.3) is 0 Å². The number of carbonyl (C=O) groups is 4. The SMILES string of the molecule is CCOC(=O)CN(CCOC)C(=O)CCCN1C(=O)c2ccc(Br)cc2C1=O.